The molecule has 0 unspecified atom stereocenters. The van der Waals surface area contributed by atoms with Gasteiger partial charge in [-0.15, -0.1) is 0 Å². The Morgan fingerprint density at radius 1 is 1.28 bits per heavy atom. The Labute approximate surface area is 148 Å². The molecule has 6 heteroatoms. The summed E-state index contributed by atoms with van der Waals surface area (Å²) in [5, 5.41) is 10.9. The van der Waals surface area contributed by atoms with E-state index in [9.17, 15) is 4.79 Å². The van der Waals surface area contributed by atoms with Gasteiger partial charge in [0.15, 0.2) is 5.82 Å². The summed E-state index contributed by atoms with van der Waals surface area (Å²) in [7, 11) is 0. The van der Waals surface area contributed by atoms with E-state index in [1.807, 2.05) is 22.9 Å². The van der Waals surface area contributed by atoms with E-state index in [-0.39, 0.29) is 17.6 Å². The van der Waals surface area contributed by atoms with Crippen molar-refractivity contribution in [2.75, 3.05) is 0 Å². The van der Waals surface area contributed by atoms with Crippen LogP contribution in [0.2, 0.25) is 0 Å². The van der Waals surface area contributed by atoms with E-state index in [2.05, 4.69) is 39.8 Å². The highest BCUT2D eigenvalue weighted by Crippen LogP contribution is 2.41. The van der Waals surface area contributed by atoms with Gasteiger partial charge in [-0.25, -0.2) is 14.5 Å². The fraction of sp³-hybridized carbons (Fsp3) is 0.526. The third-order valence-electron chi connectivity index (χ3n) is 5.43. The van der Waals surface area contributed by atoms with Gasteiger partial charge in [0, 0.05) is 13.0 Å². The van der Waals surface area contributed by atoms with Crippen molar-refractivity contribution in [2.45, 2.75) is 63.6 Å². The SMILES string of the molecule is CCc1nc2n(n1)CCC[C@H]2NC(=O)NC1(c2ccccc2)CCC1. The van der Waals surface area contributed by atoms with Gasteiger partial charge in [0.1, 0.15) is 5.82 Å². The molecule has 2 heterocycles. The maximum Gasteiger partial charge on any atom is 0.316 e. The van der Waals surface area contributed by atoms with Crippen molar-refractivity contribution >= 4 is 6.03 Å². The lowest BCUT2D eigenvalue weighted by Gasteiger charge is -2.43. The number of nitrogens with one attached hydrogen (secondary N) is 2. The lowest BCUT2D eigenvalue weighted by molar-refractivity contribution is 0.173. The van der Waals surface area contributed by atoms with Crippen LogP contribution in [-0.4, -0.2) is 20.8 Å². The number of carbonyl (C=O) groups excluding carboxylic acids is 1. The van der Waals surface area contributed by atoms with Gasteiger partial charge in [0.05, 0.1) is 11.6 Å². The minimum Gasteiger partial charge on any atom is -0.329 e. The Hall–Kier alpha value is -2.37. The molecular formula is C19H25N5O. The molecule has 1 saturated carbocycles. The number of fused-ring (bicyclic) bond motifs is 1. The van der Waals surface area contributed by atoms with Crippen molar-refractivity contribution in [2.24, 2.45) is 0 Å². The molecule has 2 amide bonds. The Bertz CT molecular complexity index is 750. The molecule has 0 saturated heterocycles. The first-order chi connectivity index (χ1) is 12.2. The van der Waals surface area contributed by atoms with E-state index in [1.165, 1.54) is 5.56 Å². The average molecular weight is 339 g/mol. The summed E-state index contributed by atoms with van der Waals surface area (Å²) in [5.41, 5.74) is 0.971. The fourth-order valence-electron chi connectivity index (χ4n) is 3.87. The number of hydrogen-bond acceptors (Lipinski definition) is 3. The van der Waals surface area contributed by atoms with E-state index >= 15 is 0 Å². The number of carbonyl (C=O) groups is 1. The standard InChI is InChI=1S/C19H25N5O/c1-2-16-21-17-15(10-6-13-24(17)23-16)20-18(25)22-19(11-7-12-19)14-8-4-3-5-9-14/h3-5,8-9,15H,2,6-7,10-13H2,1H3,(H2,20,22,25)/t15-/m1/s1. The van der Waals surface area contributed by atoms with E-state index in [0.717, 1.165) is 56.7 Å². The van der Waals surface area contributed by atoms with Crippen LogP contribution in [0.1, 0.15) is 62.3 Å². The van der Waals surface area contributed by atoms with Crippen LogP contribution in [0.3, 0.4) is 0 Å². The van der Waals surface area contributed by atoms with Gasteiger partial charge in [0.2, 0.25) is 0 Å². The summed E-state index contributed by atoms with van der Waals surface area (Å²) in [6, 6.07) is 10.1. The lowest BCUT2D eigenvalue weighted by Crippen LogP contribution is -2.54. The molecule has 0 bridgehead atoms. The molecule has 6 nitrogen and oxygen atoms in total. The van der Waals surface area contributed by atoms with Crippen LogP contribution in [0.5, 0.6) is 0 Å². The summed E-state index contributed by atoms with van der Waals surface area (Å²) in [6.45, 7) is 2.94. The zero-order chi connectivity index (χ0) is 17.3. The molecule has 2 aliphatic rings. The molecule has 4 rings (SSSR count). The predicted octanol–water partition coefficient (Wildman–Crippen LogP) is 3.05. The molecule has 1 aromatic carbocycles. The number of aromatic nitrogens is 3. The zero-order valence-corrected chi connectivity index (χ0v) is 14.7. The van der Waals surface area contributed by atoms with Gasteiger partial charge in [-0.3, -0.25) is 0 Å². The monoisotopic (exact) mass is 339 g/mol. The maximum atomic E-state index is 12.7. The van der Waals surface area contributed by atoms with Crippen molar-refractivity contribution in [1.29, 1.82) is 0 Å². The zero-order valence-electron chi connectivity index (χ0n) is 14.7. The van der Waals surface area contributed by atoms with Gasteiger partial charge in [-0.1, -0.05) is 37.3 Å². The first kappa shape index (κ1) is 16.1. The van der Waals surface area contributed by atoms with E-state index < -0.39 is 0 Å². The average Bonchev–Trinajstić information content (AvgIpc) is 3.03. The fourth-order valence-corrected chi connectivity index (χ4v) is 3.87. The Kier molecular flexibility index (Phi) is 4.19. The molecule has 132 valence electrons. The van der Waals surface area contributed by atoms with Crippen LogP contribution in [0.15, 0.2) is 30.3 Å². The minimum absolute atomic E-state index is 0.0607. The number of hydrogen-bond donors (Lipinski definition) is 2. The van der Waals surface area contributed by atoms with Gasteiger partial charge >= 0.3 is 6.03 Å². The molecule has 0 spiro atoms. The second-order valence-electron chi connectivity index (χ2n) is 7.06. The van der Waals surface area contributed by atoms with Gasteiger partial charge in [-0.2, -0.15) is 5.10 Å². The van der Waals surface area contributed by atoms with E-state index in [1.54, 1.807) is 0 Å². The molecule has 1 aliphatic carbocycles. The van der Waals surface area contributed by atoms with Crippen LogP contribution in [0.4, 0.5) is 4.79 Å². The first-order valence-electron chi connectivity index (χ1n) is 9.28. The molecule has 2 aromatic rings. The number of urea groups is 1. The van der Waals surface area contributed by atoms with Crippen molar-refractivity contribution in [3.05, 3.63) is 47.5 Å². The van der Waals surface area contributed by atoms with Crippen molar-refractivity contribution < 1.29 is 4.79 Å². The third kappa shape index (κ3) is 3.01. The van der Waals surface area contributed by atoms with E-state index in [0.29, 0.717) is 0 Å². The molecule has 2 N–H and O–H groups in total. The number of nitrogens with zero attached hydrogens (tertiary/aromatic N) is 3. The second kappa shape index (κ2) is 6.50. The highest BCUT2D eigenvalue weighted by Gasteiger charge is 2.40. The molecule has 1 aliphatic heterocycles. The highest BCUT2D eigenvalue weighted by atomic mass is 16.2. The molecule has 0 radical (unpaired) electrons. The molecular weight excluding hydrogens is 314 g/mol. The summed E-state index contributed by atoms with van der Waals surface area (Å²) in [4.78, 5) is 17.3. The van der Waals surface area contributed by atoms with Crippen LogP contribution < -0.4 is 10.6 Å². The Morgan fingerprint density at radius 3 is 2.76 bits per heavy atom. The normalized spacial score (nSPS) is 21.1. The summed E-state index contributed by atoms with van der Waals surface area (Å²) < 4.78 is 1.95. The lowest BCUT2D eigenvalue weighted by atomic mass is 9.72. The number of amides is 2. The van der Waals surface area contributed by atoms with Gasteiger partial charge in [0.25, 0.3) is 0 Å². The van der Waals surface area contributed by atoms with Gasteiger partial charge < -0.3 is 10.6 Å². The quantitative estimate of drug-likeness (QED) is 0.899. The topological polar surface area (TPSA) is 71.8 Å². The smallest absolute Gasteiger partial charge is 0.316 e. The summed E-state index contributed by atoms with van der Waals surface area (Å²) >= 11 is 0. The number of aryl methyl sites for hydroxylation is 2. The molecule has 25 heavy (non-hydrogen) atoms. The largest absolute Gasteiger partial charge is 0.329 e. The van der Waals surface area contributed by atoms with Crippen molar-refractivity contribution in [3.8, 4) is 0 Å². The van der Waals surface area contributed by atoms with E-state index in [4.69, 9.17) is 0 Å². The number of rotatable bonds is 4. The second-order valence-corrected chi connectivity index (χ2v) is 7.06. The number of benzene rings is 1. The Balaban J connectivity index is 1.47. The van der Waals surface area contributed by atoms with Crippen LogP contribution in [-0.2, 0) is 18.5 Å². The van der Waals surface area contributed by atoms with Gasteiger partial charge in [-0.05, 0) is 37.7 Å². The minimum atomic E-state index is -0.220. The van der Waals surface area contributed by atoms with Crippen LogP contribution in [0.25, 0.3) is 0 Å². The summed E-state index contributed by atoms with van der Waals surface area (Å²) in [5.74, 6) is 1.74. The maximum absolute atomic E-state index is 12.7. The highest BCUT2D eigenvalue weighted by molar-refractivity contribution is 5.75. The predicted molar refractivity (Wildman–Crippen MR) is 95.0 cm³/mol. The summed E-state index contributed by atoms with van der Waals surface area (Å²) in [6.07, 6.45) is 5.86. The van der Waals surface area contributed by atoms with Crippen molar-refractivity contribution in [1.82, 2.24) is 25.4 Å². The molecule has 1 fully saturated rings. The van der Waals surface area contributed by atoms with Crippen LogP contribution >= 0.6 is 0 Å². The van der Waals surface area contributed by atoms with Crippen LogP contribution in [0, 0.1) is 0 Å². The first-order valence-corrected chi connectivity index (χ1v) is 9.28. The molecule has 1 atom stereocenters. The Morgan fingerprint density at radius 2 is 2.08 bits per heavy atom. The molecule has 1 aromatic heterocycles. The van der Waals surface area contributed by atoms with Crippen molar-refractivity contribution in [3.63, 3.8) is 0 Å². The third-order valence-corrected chi connectivity index (χ3v) is 5.43.